The van der Waals surface area contributed by atoms with Crippen molar-refractivity contribution in [1.82, 2.24) is 20.3 Å². The number of halogens is 2. The molecule has 0 aliphatic heterocycles. The zero-order valence-electron chi connectivity index (χ0n) is 15.9. The van der Waals surface area contributed by atoms with Crippen LogP contribution >= 0.6 is 23.2 Å². The molecule has 3 heterocycles. The van der Waals surface area contributed by atoms with Gasteiger partial charge in [0.1, 0.15) is 10.3 Å². The van der Waals surface area contributed by atoms with Gasteiger partial charge < -0.3 is 5.32 Å². The molecule has 8 heteroatoms. The second-order valence-electron chi connectivity index (χ2n) is 7.28. The topological polar surface area (TPSA) is 84.8 Å². The Morgan fingerprint density at radius 3 is 2.37 bits per heavy atom. The van der Waals surface area contributed by atoms with E-state index in [2.05, 4.69) is 20.3 Å². The van der Waals surface area contributed by atoms with E-state index in [1.54, 1.807) is 30.5 Å². The number of pyridine rings is 3. The van der Waals surface area contributed by atoms with Gasteiger partial charge in [0.25, 0.3) is 5.91 Å². The third-order valence-electron chi connectivity index (χ3n) is 5.28. The first-order valence-electron chi connectivity index (χ1n) is 9.49. The number of nitrogens with zero attached hydrogens (tertiary/aromatic N) is 3. The first kappa shape index (κ1) is 20.4. The fourth-order valence-electron chi connectivity index (χ4n) is 3.45. The molecule has 152 valence electrons. The Bertz CT molecular complexity index is 1080. The van der Waals surface area contributed by atoms with Crippen molar-refractivity contribution in [2.75, 3.05) is 0 Å². The summed E-state index contributed by atoms with van der Waals surface area (Å²) in [5, 5.41) is 3.72. The minimum atomic E-state index is -0.502. The first-order chi connectivity index (χ1) is 14.4. The third kappa shape index (κ3) is 4.35. The summed E-state index contributed by atoms with van der Waals surface area (Å²) in [4.78, 5) is 37.5. The van der Waals surface area contributed by atoms with E-state index in [0.29, 0.717) is 16.3 Å². The van der Waals surface area contributed by atoms with Gasteiger partial charge in [0.2, 0.25) is 0 Å². The van der Waals surface area contributed by atoms with Gasteiger partial charge in [-0.1, -0.05) is 29.3 Å². The molecule has 6 nitrogen and oxygen atoms in total. The Labute approximate surface area is 183 Å². The van der Waals surface area contributed by atoms with Gasteiger partial charge in [-0.25, -0.2) is 9.97 Å². The quantitative estimate of drug-likeness (QED) is 0.453. The van der Waals surface area contributed by atoms with E-state index in [4.69, 9.17) is 23.2 Å². The van der Waals surface area contributed by atoms with Crippen LogP contribution in [0.25, 0.3) is 0 Å². The number of amides is 1. The van der Waals surface area contributed by atoms with E-state index in [0.717, 1.165) is 30.5 Å². The van der Waals surface area contributed by atoms with Crippen molar-refractivity contribution in [3.05, 3.63) is 87.7 Å². The minimum Gasteiger partial charge on any atom is -0.341 e. The van der Waals surface area contributed by atoms with Crippen LogP contribution in [0.3, 0.4) is 0 Å². The molecular formula is C22H18Cl2N4O2. The minimum absolute atomic E-state index is 0.0595. The summed E-state index contributed by atoms with van der Waals surface area (Å²) in [6.07, 6.45) is 7.48. The number of aromatic nitrogens is 3. The van der Waals surface area contributed by atoms with Crippen molar-refractivity contribution in [3.8, 4) is 0 Å². The van der Waals surface area contributed by atoms with Crippen LogP contribution < -0.4 is 5.32 Å². The Hall–Kier alpha value is -2.83. The van der Waals surface area contributed by atoms with Gasteiger partial charge in [0.15, 0.2) is 5.78 Å². The van der Waals surface area contributed by atoms with Gasteiger partial charge in [0, 0.05) is 30.6 Å². The maximum Gasteiger partial charge on any atom is 0.253 e. The number of carbonyl (C=O) groups is 2. The zero-order chi connectivity index (χ0) is 21.1. The summed E-state index contributed by atoms with van der Waals surface area (Å²) in [7, 11) is 0. The SMILES string of the molecule is O=C(Cc1ccc(C2(NC(=O)c3ccc(Cl)nc3)CCC2)nc1)c1ccnc(Cl)c1. The maximum atomic E-state index is 12.7. The van der Waals surface area contributed by atoms with E-state index >= 15 is 0 Å². The monoisotopic (exact) mass is 440 g/mol. The molecule has 30 heavy (non-hydrogen) atoms. The van der Waals surface area contributed by atoms with Crippen LogP contribution in [-0.2, 0) is 12.0 Å². The van der Waals surface area contributed by atoms with Gasteiger partial charge in [-0.05, 0) is 55.2 Å². The predicted octanol–water partition coefficient (Wildman–Crippen LogP) is 4.41. The molecule has 1 aliphatic rings. The number of rotatable bonds is 6. The number of ketones is 1. The normalized spacial score (nSPS) is 14.6. The summed E-state index contributed by atoms with van der Waals surface area (Å²) in [6, 6.07) is 10.2. The van der Waals surface area contributed by atoms with E-state index in [1.807, 2.05) is 12.1 Å². The third-order valence-corrected chi connectivity index (χ3v) is 5.71. The van der Waals surface area contributed by atoms with Gasteiger partial charge >= 0.3 is 0 Å². The maximum absolute atomic E-state index is 12.7. The van der Waals surface area contributed by atoms with Crippen LogP contribution in [0.2, 0.25) is 10.3 Å². The fraction of sp³-hybridized carbons (Fsp3) is 0.227. The van der Waals surface area contributed by atoms with Crippen LogP contribution in [0.5, 0.6) is 0 Å². The number of nitrogens with one attached hydrogen (secondary N) is 1. The van der Waals surface area contributed by atoms with Crippen molar-refractivity contribution in [2.24, 2.45) is 0 Å². The lowest BCUT2D eigenvalue weighted by Crippen LogP contribution is -2.51. The van der Waals surface area contributed by atoms with Crippen LogP contribution in [0.1, 0.15) is 51.2 Å². The zero-order valence-corrected chi connectivity index (χ0v) is 17.5. The molecule has 1 saturated carbocycles. The molecule has 1 aliphatic carbocycles. The second-order valence-corrected chi connectivity index (χ2v) is 8.05. The van der Waals surface area contributed by atoms with Gasteiger partial charge in [-0.2, -0.15) is 0 Å². The van der Waals surface area contributed by atoms with E-state index in [-0.39, 0.29) is 23.3 Å². The highest BCUT2D eigenvalue weighted by Crippen LogP contribution is 2.40. The molecule has 3 aromatic rings. The highest BCUT2D eigenvalue weighted by molar-refractivity contribution is 6.29. The van der Waals surface area contributed by atoms with E-state index in [1.165, 1.54) is 12.4 Å². The van der Waals surface area contributed by atoms with Crippen LogP contribution in [0.15, 0.2) is 55.0 Å². The van der Waals surface area contributed by atoms with Crippen LogP contribution in [0, 0.1) is 0 Å². The Balaban J connectivity index is 1.47. The predicted molar refractivity (Wildman–Crippen MR) is 114 cm³/mol. The van der Waals surface area contributed by atoms with Crippen molar-refractivity contribution < 1.29 is 9.59 Å². The van der Waals surface area contributed by atoms with Crippen molar-refractivity contribution in [2.45, 2.75) is 31.2 Å². The molecule has 1 fully saturated rings. The van der Waals surface area contributed by atoms with Gasteiger partial charge in [-0.15, -0.1) is 0 Å². The molecule has 0 unspecified atom stereocenters. The summed E-state index contributed by atoms with van der Waals surface area (Å²) in [5.41, 5.74) is 2.03. The summed E-state index contributed by atoms with van der Waals surface area (Å²) >= 11 is 11.7. The van der Waals surface area contributed by atoms with Gasteiger partial charge in [-0.3, -0.25) is 14.6 Å². The molecule has 0 aromatic carbocycles. The summed E-state index contributed by atoms with van der Waals surface area (Å²) < 4.78 is 0. The van der Waals surface area contributed by atoms with Crippen molar-refractivity contribution in [3.63, 3.8) is 0 Å². The van der Waals surface area contributed by atoms with E-state index in [9.17, 15) is 9.59 Å². The van der Waals surface area contributed by atoms with Crippen molar-refractivity contribution >= 4 is 34.9 Å². The van der Waals surface area contributed by atoms with E-state index < -0.39 is 5.54 Å². The lowest BCUT2D eigenvalue weighted by atomic mass is 9.73. The molecule has 0 atom stereocenters. The molecule has 0 bridgehead atoms. The Morgan fingerprint density at radius 1 is 0.933 bits per heavy atom. The lowest BCUT2D eigenvalue weighted by Gasteiger charge is -2.42. The number of hydrogen-bond donors (Lipinski definition) is 1. The second kappa shape index (κ2) is 8.50. The molecule has 3 aromatic heterocycles. The smallest absolute Gasteiger partial charge is 0.253 e. The summed E-state index contributed by atoms with van der Waals surface area (Å²) in [6.45, 7) is 0. The molecule has 0 saturated heterocycles. The van der Waals surface area contributed by atoms with Crippen molar-refractivity contribution in [1.29, 1.82) is 0 Å². The molecule has 4 rings (SSSR count). The Morgan fingerprint density at radius 2 is 1.77 bits per heavy atom. The number of hydrogen-bond acceptors (Lipinski definition) is 5. The average Bonchev–Trinajstić information content (AvgIpc) is 2.72. The van der Waals surface area contributed by atoms with Crippen LogP contribution in [0.4, 0.5) is 0 Å². The number of Topliss-reactive ketones (excluding diaryl/α,β-unsaturated/α-hetero) is 1. The average molecular weight is 441 g/mol. The molecular weight excluding hydrogens is 423 g/mol. The molecule has 1 amide bonds. The largest absolute Gasteiger partial charge is 0.341 e. The molecule has 0 spiro atoms. The summed E-state index contributed by atoms with van der Waals surface area (Å²) in [5.74, 6) is -0.273. The van der Waals surface area contributed by atoms with Crippen LogP contribution in [-0.4, -0.2) is 26.6 Å². The highest BCUT2D eigenvalue weighted by Gasteiger charge is 2.41. The highest BCUT2D eigenvalue weighted by atomic mass is 35.5. The molecule has 1 N–H and O–H groups in total. The number of carbonyl (C=O) groups excluding carboxylic acids is 2. The lowest BCUT2D eigenvalue weighted by molar-refractivity contribution is 0.0816. The Kier molecular flexibility index (Phi) is 5.79. The standard InChI is InChI=1S/C22H18Cl2N4O2/c23-19-5-3-16(13-27-19)21(30)28-22(7-1-8-22)18-4-2-14(12-26-18)10-17(29)15-6-9-25-20(24)11-15/h2-6,9,11-13H,1,7-8,10H2,(H,28,30). The first-order valence-corrected chi connectivity index (χ1v) is 10.2. The fourth-order valence-corrected chi connectivity index (χ4v) is 3.74. The van der Waals surface area contributed by atoms with Gasteiger partial charge in [0.05, 0.1) is 16.8 Å². The molecule has 0 radical (unpaired) electrons.